The zero-order valence-corrected chi connectivity index (χ0v) is 25.0. The molecule has 1 atom stereocenters. The Bertz CT molecular complexity index is 1690. The van der Waals surface area contributed by atoms with Gasteiger partial charge < -0.3 is 30.3 Å². The molecule has 2 heterocycles. The number of hydrogen-bond acceptors (Lipinski definition) is 8. The first-order chi connectivity index (χ1) is 21.7. The topological polar surface area (TPSA) is 152 Å². The van der Waals surface area contributed by atoms with E-state index >= 15 is 0 Å². The Morgan fingerprint density at radius 1 is 0.933 bits per heavy atom. The van der Waals surface area contributed by atoms with Crippen molar-refractivity contribution in [2.45, 2.75) is 51.4 Å². The lowest BCUT2D eigenvalue weighted by molar-refractivity contribution is -0.125. The summed E-state index contributed by atoms with van der Waals surface area (Å²) < 4.78 is 32.0. The summed E-state index contributed by atoms with van der Waals surface area (Å²) in [5.41, 5.74) is 15.2. The van der Waals surface area contributed by atoms with Crippen LogP contribution < -0.4 is 26.4 Å². The van der Waals surface area contributed by atoms with Gasteiger partial charge in [-0.2, -0.15) is 0 Å². The number of nitrogens with one attached hydrogen (secondary N) is 1. The Morgan fingerprint density at radius 3 is 2.09 bits per heavy atom. The normalized spacial score (nSPS) is 15.9. The van der Waals surface area contributed by atoms with Crippen molar-refractivity contribution in [3.8, 4) is 11.5 Å². The van der Waals surface area contributed by atoms with Gasteiger partial charge in [0.15, 0.2) is 17.0 Å². The molecule has 5 N–H and O–H groups in total. The molecule has 0 aliphatic carbocycles. The summed E-state index contributed by atoms with van der Waals surface area (Å²) in [7, 11) is 0. The second-order valence-electron chi connectivity index (χ2n) is 11.1. The number of aryl methyl sites for hydroxylation is 2. The fraction of sp³-hybridized carbons (Fsp3) is 0.265. The summed E-state index contributed by atoms with van der Waals surface area (Å²) >= 11 is 0. The zero-order valence-electron chi connectivity index (χ0n) is 25.0. The molecule has 0 saturated heterocycles. The number of carbonyl (C=O) groups excluding carboxylic acids is 2. The molecule has 0 saturated carbocycles. The van der Waals surface area contributed by atoms with E-state index in [0.29, 0.717) is 31.1 Å². The Kier molecular flexibility index (Phi) is 9.48. The number of nitrogens with two attached hydrogens (primary N) is 2. The first-order valence-electron chi connectivity index (χ1n) is 14.5. The van der Waals surface area contributed by atoms with Crippen molar-refractivity contribution < 1.29 is 32.8 Å². The molecule has 0 bridgehead atoms. The number of amides is 2. The van der Waals surface area contributed by atoms with Crippen LogP contribution in [0, 0.1) is 0 Å². The van der Waals surface area contributed by atoms with Gasteiger partial charge in [0.1, 0.15) is 37.1 Å². The lowest BCUT2D eigenvalue weighted by Gasteiger charge is -2.20. The zero-order chi connectivity index (χ0) is 32.0. The minimum atomic E-state index is -1.90. The highest BCUT2D eigenvalue weighted by Crippen LogP contribution is 2.37. The maximum Gasteiger partial charge on any atom is 0.271 e. The molecule has 1 aliphatic rings. The van der Waals surface area contributed by atoms with Crippen LogP contribution in [0.1, 0.15) is 63.8 Å². The third kappa shape index (κ3) is 6.99. The average molecular weight is 615 g/mol. The van der Waals surface area contributed by atoms with E-state index in [9.17, 15) is 14.0 Å². The minimum absolute atomic E-state index is 0.0374. The van der Waals surface area contributed by atoms with Crippen molar-refractivity contribution in [2.75, 3.05) is 6.67 Å². The molecule has 10 nitrogen and oxygen atoms in total. The van der Waals surface area contributed by atoms with Crippen LogP contribution in [0.4, 0.5) is 4.39 Å². The number of hydrogen-bond donors (Lipinski definition) is 3. The maximum atomic E-state index is 13.8. The highest BCUT2D eigenvalue weighted by Gasteiger charge is 2.43. The molecule has 0 fully saturated rings. The standard InChI is InChI=1S/C34H35FN4O6/c1-21(2)25-15-24(13-14-26-30(31(32(36)40)38-44-26)29-17-34(20-35,33(37)41)39-45-29)27(42-18-22-9-5-3-6-10-22)16-28(25)43-19-23-11-7-4-8-12-23/h3-12,15-17,21,39H,13-14,18-20H2,1-2H3,(H2,36,40)(H2,37,41). The molecular weight excluding hydrogens is 579 g/mol. The Hall–Kier alpha value is -5.16. The van der Waals surface area contributed by atoms with Gasteiger partial charge in [-0.3, -0.25) is 9.59 Å². The van der Waals surface area contributed by atoms with E-state index in [4.69, 9.17) is 30.3 Å². The maximum absolute atomic E-state index is 13.8. The first-order valence-corrected chi connectivity index (χ1v) is 14.5. The lowest BCUT2D eigenvalue weighted by atomic mass is 9.95. The van der Waals surface area contributed by atoms with Crippen LogP contribution in [-0.2, 0) is 35.7 Å². The van der Waals surface area contributed by atoms with E-state index < -0.39 is 24.0 Å². The van der Waals surface area contributed by atoms with Gasteiger partial charge in [-0.05, 0) is 46.7 Å². The van der Waals surface area contributed by atoms with Crippen LogP contribution >= 0.6 is 0 Å². The van der Waals surface area contributed by atoms with Crippen LogP contribution in [0.15, 0.2) is 83.4 Å². The number of benzene rings is 3. The van der Waals surface area contributed by atoms with Crippen molar-refractivity contribution in [3.63, 3.8) is 0 Å². The smallest absolute Gasteiger partial charge is 0.271 e. The minimum Gasteiger partial charge on any atom is -0.488 e. The lowest BCUT2D eigenvalue weighted by Crippen LogP contribution is -2.52. The molecule has 0 radical (unpaired) electrons. The van der Waals surface area contributed by atoms with Crippen LogP contribution in [0.3, 0.4) is 0 Å². The van der Waals surface area contributed by atoms with Crippen molar-refractivity contribution in [3.05, 3.63) is 118 Å². The number of halogens is 1. The van der Waals surface area contributed by atoms with Gasteiger partial charge in [0.05, 0.1) is 5.56 Å². The van der Waals surface area contributed by atoms with E-state index in [2.05, 4.69) is 24.5 Å². The quantitative estimate of drug-likeness (QED) is 0.181. The first kappa shape index (κ1) is 31.3. The monoisotopic (exact) mass is 614 g/mol. The second kappa shape index (κ2) is 13.6. The van der Waals surface area contributed by atoms with Gasteiger partial charge in [0, 0.05) is 12.5 Å². The number of primary amides is 2. The summed E-state index contributed by atoms with van der Waals surface area (Å²) in [6.07, 6.45) is 1.80. The predicted octanol–water partition coefficient (Wildman–Crippen LogP) is 4.91. The van der Waals surface area contributed by atoms with E-state index in [1.807, 2.05) is 72.8 Å². The molecule has 0 spiro atoms. The van der Waals surface area contributed by atoms with Gasteiger partial charge in [-0.15, -0.1) is 5.48 Å². The van der Waals surface area contributed by atoms with Crippen LogP contribution in [0.25, 0.3) is 5.76 Å². The number of carbonyl (C=O) groups is 2. The summed E-state index contributed by atoms with van der Waals surface area (Å²) in [5, 5.41) is 3.84. The Labute approximate surface area is 260 Å². The number of alkyl halides is 1. The molecular formula is C34H35FN4O6. The van der Waals surface area contributed by atoms with Gasteiger partial charge >= 0.3 is 0 Å². The number of nitrogens with zero attached hydrogens (tertiary/aromatic N) is 1. The summed E-state index contributed by atoms with van der Waals surface area (Å²) in [4.78, 5) is 29.6. The van der Waals surface area contributed by atoms with Crippen molar-refractivity contribution in [2.24, 2.45) is 11.5 Å². The van der Waals surface area contributed by atoms with Crippen molar-refractivity contribution >= 4 is 17.6 Å². The molecule has 4 aromatic rings. The highest BCUT2D eigenvalue weighted by atomic mass is 19.1. The van der Waals surface area contributed by atoms with E-state index in [1.165, 1.54) is 6.08 Å². The fourth-order valence-corrected chi connectivity index (χ4v) is 4.97. The summed E-state index contributed by atoms with van der Waals surface area (Å²) in [5.74, 6) is -0.201. The fourth-order valence-electron chi connectivity index (χ4n) is 4.97. The predicted molar refractivity (Wildman–Crippen MR) is 165 cm³/mol. The number of aromatic nitrogens is 1. The molecule has 2 amide bonds. The molecule has 1 unspecified atom stereocenters. The number of rotatable bonds is 14. The van der Waals surface area contributed by atoms with Gasteiger partial charge in [0.25, 0.3) is 5.91 Å². The number of hydroxylamine groups is 1. The summed E-state index contributed by atoms with van der Waals surface area (Å²) in [6, 6.07) is 23.7. The third-order valence-electron chi connectivity index (χ3n) is 7.52. The van der Waals surface area contributed by atoms with Crippen molar-refractivity contribution in [1.82, 2.24) is 10.6 Å². The molecule has 1 aliphatic heterocycles. The van der Waals surface area contributed by atoms with Gasteiger partial charge in [0.2, 0.25) is 5.91 Å². The van der Waals surface area contributed by atoms with E-state index in [0.717, 1.165) is 22.3 Å². The molecule has 1 aromatic heterocycles. The molecule has 234 valence electrons. The van der Waals surface area contributed by atoms with Crippen LogP contribution in [0.5, 0.6) is 11.5 Å². The molecule has 11 heteroatoms. The van der Waals surface area contributed by atoms with E-state index in [1.54, 1.807) is 0 Å². The Morgan fingerprint density at radius 2 is 1.56 bits per heavy atom. The van der Waals surface area contributed by atoms with Gasteiger partial charge in [-0.1, -0.05) is 79.7 Å². The number of ether oxygens (including phenoxy) is 2. The van der Waals surface area contributed by atoms with Crippen LogP contribution in [-0.4, -0.2) is 29.2 Å². The van der Waals surface area contributed by atoms with E-state index in [-0.39, 0.29) is 35.1 Å². The van der Waals surface area contributed by atoms with Gasteiger partial charge in [-0.25, -0.2) is 4.39 Å². The highest BCUT2D eigenvalue weighted by molar-refractivity contribution is 5.97. The van der Waals surface area contributed by atoms with Crippen molar-refractivity contribution in [1.29, 1.82) is 0 Å². The molecule has 45 heavy (non-hydrogen) atoms. The Balaban J connectivity index is 1.48. The molecule has 5 rings (SSSR count). The largest absolute Gasteiger partial charge is 0.488 e. The summed E-state index contributed by atoms with van der Waals surface area (Å²) in [6.45, 7) is 3.72. The third-order valence-corrected chi connectivity index (χ3v) is 7.52. The molecule has 3 aromatic carbocycles. The average Bonchev–Trinajstić information content (AvgIpc) is 3.68. The second-order valence-corrected chi connectivity index (χ2v) is 11.1. The SMILES string of the molecule is CC(C)c1cc(CCc2onc(C(N)=O)c2C2=CC(CF)(C(N)=O)NO2)c(OCc2ccccc2)cc1OCc1ccccc1. The van der Waals surface area contributed by atoms with Crippen LogP contribution in [0.2, 0.25) is 0 Å².